The first-order chi connectivity index (χ1) is 7.67. The predicted molar refractivity (Wildman–Crippen MR) is 79.9 cm³/mol. The fourth-order valence-electron chi connectivity index (χ4n) is 1.72. The minimum atomic E-state index is 0. The van der Waals surface area contributed by atoms with Crippen LogP contribution in [0.2, 0.25) is 0 Å². The second kappa shape index (κ2) is 9.04. The fraction of sp³-hybridized carbons (Fsp3) is 0.538. The van der Waals surface area contributed by atoms with Gasteiger partial charge in [-0.1, -0.05) is 23.8 Å². The molecule has 0 bridgehead atoms. The van der Waals surface area contributed by atoms with Crippen LogP contribution in [0.1, 0.15) is 16.7 Å². The number of hydrogen-bond donors (Lipinski definition) is 0. The number of alkyl halides is 2. The number of hydrogen-bond acceptors (Lipinski definition) is 1. The smallest absolute Gasteiger partial charge is 0.0351 e. The van der Waals surface area contributed by atoms with E-state index in [1.807, 2.05) is 0 Å². The highest BCUT2D eigenvalue weighted by Crippen LogP contribution is 2.13. The highest BCUT2D eigenvalue weighted by Gasteiger charge is 2.06. The van der Waals surface area contributed by atoms with Crippen LogP contribution in [0.5, 0.6) is 0 Å². The van der Waals surface area contributed by atoms with Crippen LogP contribution in [0.25, 0.3) is 0 Å². The Morgan fingerprint density at radius 2 is 1.65 bits per heavy atom. The maximum absolute atomic E-state index is 5.78. The molecule has 0 atom stereocenters. The third-order valence-corrected chi connectivity index (χ3v) is 3.04. The van der Waals surface area contributed by atoms with Crippen molar-refractivity contribution in [2.24, 2.45) is 0 Å². The number of nitrogens with zero attached hydrogens (tertiary/aromatic N) is 1. The molecule has 0 aliphatic rings. The van der Waals surface area contributed by atoms with Crippen molar-refractivity contribution in [3.8, 4) is 0 Å². The SMILES string of the molecule is Cc1ccc(C)c(CN(CCCl)CCCl)c1.Cl. The van der Waals surface area contributed by atoms with Crippen molar-refractivity contribution in [2.75, 3.05) is 24.8 Å². The molecule has 4 heteroatoms. The van der Waals surface area contributed by atoms with Gasteiger partial charge < -0.3 is 0 Å². The van der Waals surface area contributed by atoms with Crippen LogP contribution in [0.15, 0.2) is 18.2 Å². The molecule has 0 fully saturated rings. The summed E-state index contributed by atoms with van der Waals surface area (Å²) < 4.78 is 0. The quantitative estimate of drug-likeness (QED) is 0.717. The lowest BCUT2D eigenvalue weighted by Gasteiger charge is -2.21. The van der Waals surface area contributed by atoms with Crippen LogP contribution in [-0.4, -0.2) is 29.7 Å². The summed E-state index contributed by atoms with van der Waals surface area (Å²) in [5.74, 6) is 1.31. The molecule has 0 saturated carbocycles. The molecule has 1 nitrogen and oxygen atoms in total. The molecule has 0 saturated heterocycles. The van der Waals surface area contributed by atoms with Gasteiger partial charge in [0.1, 0.15) is 0 Å². The molecular formula is C13H20Cl3N. The van der Waals surface area contributed by atoms with Crippen molar-refractivity contribution < 1.29 is 0 Å². The Morgan fingerprint density at radius 1 is 1.06 bits per heavy atom. The lowest BCUT2D eigenvalue weighted by molar-refractivity contribution is 0.299. The minimum absolute atomic E-state index is 0. The van der Waals surface area contributed by atoms with E-state index in [1.54, 1.807) is 0 Å². The number of aryl methyl sites for hydroxylation is 2. The summed E-state index contributed by atoms with van der Waals surface area (Å²) in [4.78, 5) is 2.29. The monoisotopic (exact) mass is 295 g/mol. The molecule has 0 aliphatic heterocycles. The topological polar surface area (TPSA) is 3.24 Å². The van der Waals surface area contributed by atoms with E-state index < -0.39 is 0 Å². The van der Waals surface area contributed by atoms with Gasteiger partial charge in [-0.25, -0.2) is 0 Å². The van der Waals surface area contributed by atoms with Gasteiger partial charge in [0.05, 0.1) is 0 Å². The van der Waals surface area contributed by atoms with Gasteiger partial charge in [-0.15, -0.1) is 35.6 Å². The molecule has 0 aliphatic carbocycles. The van der Waals surface area contributed by atoms with E-state index in [-0.39, 0.29) is 12.4 Å². The molecule has 1 aromatic carbocycles. The Balaban J connectivity index is 0.00000256. The van der Waals surface area contributed by atoms with Crippen LogP contribution in [0, 0.1) is 13.8 Å². The first-order valence-corrected chi connectivity index (χ1v) is 6.64. The standard InChI is InChI=1S/C13H19Cl2N.ClH/c1-11-3-4-12(2)13(9-11)10-16(7-5-14)8-6-15;/h3-4,9H,5-8,10H2,1-2H3;1H. The molecule has 0 spiro atoms. The Morgan fingerprint density at radius 3 is 2.18 bits per heavy atom. The zero-order valence-electron chi connectivity index (χ0n) is 10.4. The van der Waals surface area contributed by atoms with Crippen LogP contribution in [-0.2, 0) is 6.54 Å². The third kappa shape index (κ3) is 5.96. The van der Waals surface area contributed by atoms with Gasteiger partial charge in [-0.2, -0.15) is 0 Å². The Kier molecular flexibility index (Phi) is 9.07. The van der Waals surface area contributed by atoms with Crippen molar-refractivity contribution in [1.29, 1.82) is 0 Å². The first kappa shape index (κ1) is 17.1. The predicted octanol–water partition coefficient (Wildman–Crippen LogP) is 4.00. The van der Waals surface area contributed by atoms with E-state index in [2.05, 4.69) is 36.9 Å². The fourth-order valence-corrected chi connectivity index (χ4v) is 2.20. The van der Waals surface area contributed by atoms with Gasteiger partial charge in [-0.3, -0.25) is 4.90 Å². The molecule has 0 radical (unpaired) electrons. The second-order valence-corrected chi connectivity index (χ2v) is 4.84. The van der Waals surface area contributed by atoms with Crippen molar-refractivity contribution in [2.45, 2.75) is 20.4 Å². The third-order valence-electron chi connectivity index (χ3n) is 2.70. The Hall–Kier alpha value is 0.0500. The van der Waals surface area contributed by atoms with Gasteiger partial charge in [0.15, 0.2) is 0 Å². The number of benzene rings is 1. The molecule has 0 aromatic heterocycles. The number of halogens is 3. The molecule has 0 amide bonds. The van der Waals surface area contributed by atoms with Crippen LogP contribution in [0.4, 0.5) is 0 Å². The zero-order valence-corrected chi connectivity index (χ0v) is 12.7. The van der Waals surface area contributed by atoms with E-state index in [1.165, 1.54) is 16.7 Å². The van der Waals surface area contributed by atoms with Gasteiger partial charge in [0.2, 0.25) is 0 Å². The molecule has 0 unspecified atom stereocenters. The lowest BCUT2D eigenvalue weighted by atomic mass is 10.1. The maximum Gasteiger partial charge on any atom is 0.0351 e. The van der Waals surface area contributed by atoms with Crippen LogP contribution < -0.4 is 0 Å². The van der Waals surface area contributed by atoms with E-state index >= 15 is 0 Å². The molecule has 1 rings (SSSR count). The highest BCUT2D eigenvalue weighted by molar-refractivity contribution is 6.18. The van der Waals surface area contributed by atoms with E-state index in [9.17, 15) is 0 Å². The molecule has 0 heterocycles. The maximum atomic E-state index is 5.78. The summed E-state index contributed by atoms with van der Waals surface area (Å²) in [5.41, 5.74) is 4.01. The molecule has 0 N–H and O–H groups in total. The molecule has 17 heavy (non-hydrogen) atoms. The Labute approximate surface area is 121 Å². The average molecular weight is 297 g/mol. The Bertz CT molecular complexity index is 322. The summed E-state index contributed by atoms with van der Waals surface area (Å²) in [6.45, 7) is 6.99. The van der Waals surface area contributed by atoms with Crippen LogP contribution in [0.3, 0.4) is 0 Å². The van der Waals surface area contributed by atoms with Crippen molar-refractivity contribution in [3.05, 3.63) is 34.9 Å². The molecule has 1 aromatic rings. The van der Waals surface area contributed by atoms with E-state index in [0.717, 1.165) is 19.6 Å². The van der Waals surface area contributed by atoms with Gasteiger partial charge in [0, 0.05) is 31.4 Å². The summed E-state index contributed by atoms with van der Waals surface area (Å²) in [7, 11) is 0. The largest absolute Gasteiger partial charge is 0.297 e. The summed E-state index contributed by atoms with van der Waals surface area (Å²) in [6.07, 6.45) is 0. The zero-order chi connectivity index (χ0) is 12.0. The van der Waals surface area contributed by atoms with Crippen molar-refractivity contribution >= 4 is 35.6 Å². The second-order valence-electron chi connectivity index (χ2n) is 4.08. The molecular weight excluding hydrogens is 277 g/mol. The first-order valence-electron chi connectivity index (χ1n) is 5.57. The number of rotatable bonds is 6. The average Bonchev–Trinajstić information content (AvgIpc) is 2.24. The summed E-state index contributed by atoms with van der Waals surface area (Å²) >= 11 is 11.6. The van der Waals surface area contributed by atoms with E-state index in [4.69, 9.17) is 23.2 Å². The summed E-state index contributed by atoms with van der Waals surface area (Å²) in [5, 5.41) is 0. The normalized spacial score (nSPS) is 10.4. The summed E-state index contributed by atoms with van der Waals surface area (Å²) in [6, 6.07) is 6.56. The molecule has 98 valence electrons. The van der Waals surface area contributed by atoms with Gasteiger partial charge in [0.25, 0.3) is 0 Å². The van der Waals surface area contributed by atoms with Gasteiger partial charge in [-0.05, 0) is 25.0 Å². The van der Waals surface area contributed by atoms with Gasteiger partial charge >= 0.3 is 0 Å². The highest BCUT2D eigenvalue weighted by atomic mass is 35.5. The van der Waals surface area contributed by atoms with E-state index in [0.29, 0.717) is 11.8 Å². The van der Waals surface area contributed by atoms with Crippen molar-refractivity contribution in [3.63, 3.8) is 0 Å². The minimum Gasteiger partial charge on any atom is -0.297 e. The lowest BCUT2D eigenvalue weighted by Crippen LogP contribution is -2.27. The van der Waals surface area contributed by atoms with Crippen LogP contribution >= 0.6 is 35.6 Å². The van der Waals surface area contributed by atoms with Crippen molar-refractivity contribution in [1.82, 2.24) is 4.90 Å².